The molecule has 458 valence electrons. The Labute approximate surface area is 498 Å². The Morgan fingerprint density at radius 2 is 1.23 bits per heavy atom. The number of azide groups is 1. The van der Waals surface area contributed by atoms with Gasteiger partial charge in [0.2, 0.25) is 5.91 Å². The normalized spacial score (nSPS) is 19.8. The van der Waals surface area contributed by atoms with Crippen molar-refractivity contribution in [2.45, 2.75) is 264 Å². The number of amides is 1. The Hall–Kier alpha value is -1.93. The van der Waals surface area contributed by atoms with Gasteiger partial charge in [0.15, 0.2) is 22.9 Å². The Balaban J connectivity index is 2.02. The number of nitrogens with zero attached hydrogens (tertiary/aromatic N) is 3. The molecule has 80 heavy (non-hydrogen) atoms. The predicted molar refractivity (Wildman–Crippen MR) is 344 cm³/mol. The molecule has 1 saturated heterocycles. The molecule has 3 unspecified atom stereocenters. The molecule has 1 heterocycles. The van der Waals surface area contributed by atoms with Gasteiger partial charge in [-0.2, -0.15) is 23.5 Å². The summed E-state index contributed by atoms with van der Waals surface area (Å²) in [6.45, 7) is 34.3. The van der Waals surface area contributed by atoms with Crippen LogP contribution in [0.15, 0.2) is 65.8 Å². The first-order chi connectivity index (χ1) is 38.1. The van der Waals surface area contributed by atoms with Gasteiger partial charge in [-0.25, -0.2) is 0 Å². The Morgan fingerprint density at radius 3 is 1.76 bits per heavy atom. The summed E-state index contributed by atoms with van der Waals surface area (Å²) in [5.41, 5.74) is 10.7. The third kappa shape index (κ3) is 28.3. The number of carbonyl (C=O) groups excluding carboxylic acids is 1. The Bertz CT molecular complexity index is 1960. The van der Waals surface area contributed by atoms with Gasteiger partial charge in [0.25, 0.3) is 0 Å². The summed E-state index contributed by atoms with van der Waals surface area (Å²) < 4.78 is 50.0. The Morgan fingerprint density at radius 1 is 0.713 bits per heavy atom. The maximum atomic E-state index is 14.3. The lowest BCUT2D eigenvalue weighted by Crippen LogP contribution is -2.61. The van der Waals surface area contributed by atoms with E-state index >= 15 is 0 Å². The van der Waals surface area contributed by atoms with Crippen molar-refractivity contribution in [2.75, 3.05) is 49.4 Å². The molecular weight excluding hydrogens is 1070 g/mol. The molecule has 1 aliphatic rings. The third-order valence-electron chi connectivity index (χ3n) is 16.5. The fourth-order valence-electron chi connectivity index (χ4n) is 9.48. The van der Waals surface area contributed by atoms with Gasteiger partial charge >= 0.3 is 0 Å². The van der Waals surface area contributed by atoms with Crippen molar-refractivity contribution in [3.05, 3.63) is 82.2 Å². The molecule has 1 N–H and O–H groups in total. The first-order valence-corrected chi connectivity index (χ1v) is 39.2. The zero-order chi connectivity index (χ0) is 58.9. The maximum Gasteiger partial charge on any atom is 0.220 e. The number of carbonyl (C=O) groups is 1. The van der Waals surface area contributed by atoms with E-state index in [1.807, 2.05) is 59.9 Å². The zero-order valence-electron chi connectivity index (χ0n) is 52.8. The maximum absolute atomic E-state index is 14.3. The van der Waals surface area contributed by atoms with Crippen molar-refractivity contribution in [1.82, 2.24) is 5.32 Å². The molecule has 0 aromatic heterocycles. The number of ether oxygens (including phenoxy) is 5. The molecule has 0 radical (unpaired) electrons. The van der Waals surface area contributed by atoms with Crippen molar-refractivity contribution >= 4 is 46.1 Å². The lowest BCUT2D eigenvalue weighted by atomic mass is 9.90. The first kappa shape index (κ1) is 72.3. The highest BCUT2D eigenvalue weighted by Gasteiger charge is 2.49. The topological polar surface area (TPSA) is 142 Å². The van der Waals surface area contributed by atoms with E-state index in [2.05, 4.69) is 135 Å². The Kier molecular flexibility index (Phi) is 35.8. The summed E-state index contributed by atoms with van der Waals surface area (Å²) in [5, 5.41) is 7.06. The molecule has 2 aromatic rings. The van der Waals surface area contributed by atoms with Crippen LogP contribution in [0.5, 0.6) is 0 Å². The number of nitrogens with one attached hydrogen (secondary N) is 1. The van der Waals surface area contributed by atoms with Crippen LogP contribution in [0.3, 0.4) is 0 Å². The van der Waals surface area contributed by atoms with Crippen LogP contribution in [-0.2, 0) is 50.5 Å². The highest BCUT2D eigenvalue weighted by molar-refractivity contribution is 8.00. The van der Waals surface area contributed by atoms with Crippen LogP contribution in [0.4, 0.5) is 0 Å². The molecule has 12 nitrogen and oxygen atoms in total. The van der Waals surface area contributed by atoms with Gasteiger partial charge in [-0.3, -0.25) is 4.79 Å². The van der Waals surface area contributed by atoms with Crippen LogP contribution in [0.25, 0.3) is 10.4 Å². The second-order valence-corrected chi connectivity index (χ2v) is 37.6. The second kappa shape index (κ2) is 39.6. The molecule has 1 aliphatic heterocycles. The number of rotatable bonds is 44. The van der Waals surface area contributed by atoms with Gasteiger partial charge in [-0.1, -0.05) is 218 Å². The monoisotopic (exact) mass is 1190 g/mol. The van der Waals surface area contributed by atoms with E-state index < -0.39 is 47.3 Å². The molecule has 2 aromatic carbocycles. The molecular formula is C64H114N4O8S2Si2. The zero-order valence-corrected chi connectivity index (χ0v) is 56.4. The summed E-state index contributed by atoms with van der Waals surface area (Å²) in [7, 11) is -4.87. The van der Waals surface area contributed by atoms with Gasteiger partial charge in [-0.05, 0) is 88.9 Å². The molecule has 16 heteroatoms. The van der Waals surface area contributed by atoms with E-state index in [1.165, 1.54) is 64.2 Å². The highest BCUT2D eigenvalue weighted by atomic mass is 32.2. The van der Waals surface area contributed by atoms with Crippen molar-refractivity contribution < 1.29 is 37.3 Å². The molecule has 9 atom stereocenters. The minimum atomic E-state index is -2.50. The molecule has 1 amide bonds. The van der Waals surface area contributed by atoms with Crippen molar-refractivity contribution in [3.63, 3.8) is 0 Å². The third-order valence-corrected chi connectivity index (χ3v) is 28.1. The lowest BCUT2D eigenvalue weighted by molar-refractivity contribution is -0.309. The van der Waals surface area contributed by atoms with E-state index in [0.29, 0.717) is 45.3 Å². The van der Waals surface area contributed by atoms with Crippen LogP contribution < -0.4 is 5.32 Å². The van der Waals surface area contributed by atoms with Gasteiger partial charge in [-0.15, -0.1) is 0 Å². The molecule has 3 rings (SSSR count). The highest BCUT2D eigenvalue weighted by Crippen LogP contribution is 2.42. The fraction of sp³-hybridized carbons (Fsp3) is 0.797. The quantitative estimate of drug-likeness (QED) is 0.0224. The van der Waals surface area contributed by atoms with Gasteiger partial charge in [0, 0.05) is 29.5 Å². The largest absolute Gasteiger partial charge is 0.411 e. The predicted octanol–water partition coefficient (Wildman–Crippen LogP) is 17.5. The molecule has 0 spiro atoms. The molecule has 0 saturated carbocycles. The SMILES string of the molecule is CCCCCCCCCCCCCC[C@@H](O[Si](C)(C)C(C)(C)C)[C@@H](O[Si](C)(C)C(C)(C)C)[C@H](CO[C@H]1OC(COCCSCC(C)CSCCN=[N+]=[N-])[C@H](OCc2ccccc2)[C@H](C)C1OCc1ccccc1)NC(=O)CCCC. The summed E-state index contributed by atoms with van der Waals surface area (Å²) in [5.74, 6) is 4.07. The van der Waals surface area contributed by atoms with Crippen molar-refractivity contribution in [3.8, 4) is 0 Å². The van der Waals surface area contributed by atoms with Crippen LogP contribution in [0.1, 0.15) is 183 Å². The number of unbranched alkanes of at least 4 members (excludes halogenated alkanes) is 12. The molecule has 1 fully saturated rings. The lowest BCUT2D eigenvalue weighted by Gasteiger charge is -2.48. The molecule has 0 aliphatic carbocycles. The van der Waals surface area contributed by atoms with Crippen LogP contribution >= 0.6 is 23.5 Å². The van der Waals surface area contributed by atoms with Crippen LogP contribution in [0.2, 0.25) is 36.3 Å². The van der Waals surface area contributed by atoms with E-state index in [1.54, 1.807) is 0 Å². The van der Waals surface area contributed by atoms with Crippen LogP contribution in [0, 0.1) is 11.8 Å². The molecule has 0 bridgehead atoms. The second-order valence-electron chi connectivity index (χ2n) is 25.8. The average Bonchev–Trinajstić information content (AvgIpc) is 3.41. The van der Waals surface area contributed by atoms with E-state index in [-0.39, 0.29) is 40.7 Å². The number of thioether (sulfide) groups is 2. The average molecular weight is 1190 g/mol. The van der Waals surface area contributed by atoms with Crippen molar-refractivity contribution in [1.29, 1.82) is 0 Å². The first-order valence-electron chi connectivity index (χ1n) is 31.1. The number of hydrogen-bond acceptors (Lipinski definition) is 11. The smallest absolute Gasteiger partial charge is 0.220 e. The van der Waals surface area contributed by atoms with Crippen molar-refractivity contribution in [2.24, 2.45) is 17.0 Å². The minimum Gasteiger partial charge on any atom is -0.411 e. The number of hydrogen-bond donors (Lipinski definition) is 1. The summed E-state index contributed by atoms with van der Waals surface area (Å²) in [6.07, 6.45) is 15.4. The summed E-state index contributed by atoms with van der Waals surface area (Å²) in [6, 6.07) is 20.0. The van der Waals surface area contributed by atoms with E-state index in [4.69, 9.17) is 38.1 Å². The summed E-state index contributed by atoms with van der Waals surface area (Å²) in [4.78, 5) is 17.2. The van der Waals surface area contributed by atoms with E-state index in [9.17, 15) is 4.79 Å². The summed E-state index contributed by atoms with van der Waals surface area (Å²) >= 11 is 3.72. The van der Waals surface area contributed by atoms with E-state index in [0.717, 1.165) is 66.2 Å². The van der Waals surface area contributed by atoms with Gasteiger partial charge in [0.1, 0.15) is 12.2 Å². The number of benzene rings is 2. The fourth-order valence-corrected chi connectivity index (χ4v) is 14.2. The standard InChI is InChI=1S/C64H114N4O8S2Si2/c1-15-17-19-20-21-22-23-24-25-26-27-34-39-56(75-79(11,12)63(5,6)7)61(76-80(13,14)64(8,9)10)55(67-58(69)40-18-16-2)47-73-62-60(72-46-54-37-32-29-33-38-54)52(4)59(71-45-53-35-30-28-31-36-53)57(74-62)48-70-42-44-78-50-51(3)49-77-43-41-66-68-65/h28-33,35-38,51-52,55-57,59-62H,15-27,34,39-50H2,1-14H3,(H,67,69)/t51?,52-,55-,56+,57?,59+,60?,61-,62-/m0/s1. The minimum absolute atomic E-state index is 0.00692. The van der Waals surface area contributed by atoms with Gasteiger partial charge < -0.3 is 37.9 Å². The van der Waals surface area contributed by atoms with Gasteiger partial charge in [0.05, 0.1) is 57.4 Å². The van der Waals surface area contributed by atoms with Crippen LogP contribution in [-0.4, -0.2) is 115 Å².